The molecule has 1 rings (SSSR count). The van der Waals surface area contributed by atoms with Gasteiger partial charge in [-0.3, -0.25) is 4.79 Å². The van der Waals surface area contributed by atoms with Crippen molar-refractivity contribution in [2.45, 2.75) is 6.42 Å². The summed E-state index contributed by atoms with van der Waals surface area (Å²) in [5.41, 5.74) is 0.254. The Kier molecular flexibility index (Phi) is 6.46. The maximum absolute atomic E-state index is 11.7. The third kappa shape index (κ3) is 4.89. The fraction of sp³-hybridized carbons (Fsp3) is 0.308. The van der Waals surface area contributed by atoms with Crippen molar-refractivity contribution >= 4 is 21.8 Å². The van der Waals surface area contributed by atoms with Crippen LogP contribution >= 0.6 is 15.9 Å². The number of ether oxygens (including phenoxy) is 1. The van der Waals surface area contributed by atoms with E-state index < -0.39 is 0 Å². The number of amides is 1. The summed E-state index contributed by atoms with van der Waals surface area (Å²) in [7, 11) is 0. The first-order valence-corrected chi connectivity index (χ1v) is 6.40. The number of rotatable bonds is 7. The fourth-order valence-electron chi connectivity index (χ4n) is 1.30. The smallest absolute Gasteiger partial charge is 0.255 e. The maximum atomic E-state index is 11.7. The third-order valence-corrected chi connectivity index (χ3v) is 2.70. The number of hydrogen-bond acceptors (Lipinski definition) is 3. The van der Waals surface area contributed by atoms with E-state index in [1.807, 2.05) is 0 Å². The van der Waals surface area contributed by atoms with E-state index in [1.54, 1.807) is 18.2 Å². The van der Waals surface area contributed by atoms with E-state index >= 15 is 0 Å². The summed E-state index contributed by atoms with van der Waals surface area (Å²) in [6, 6.07) is 4.75. The van der Waals surface area contributed by atoms with Crippen molar-refractivity contribution in [1.82, 2.24) is 5.32 Å². The highest BCUT2D eigenvalue weighted by Gasteiger charge is 2.10. The second-order valence-electron chi connectivity index (χ2n) is 3.61. The van der Waals surface area contributed by atoms with Crippen LogP contribution in [0.15, 0.2) is 35.3 Å². The maximum Gasteiger partial charge on any atom is 0.255 e. The molecular formula is C13H16BrNO3. The summed E-state index contributed by atoms with van der Waals surface area (Å²) < 4.78 is 5.98. The molecule has 0 spiro atoms. The molecule has 0 heterocycles. The molecule has 0 bridgehead atoms. The Balaban J connectivity index is 2.34. The molecule has 0 unspecified atom stereocenters. The minimum Gasteiger partial charge on any atom is -0.507 e. The molecule has 0 atom stereocenters. The molecule has 0 aliphatic carbocycles. The average Bonchev–Trinajstić information content (AvgIpc) is 2.33. The van der Waals surface area contributed by atoms with Crippen molar-refractivity contribution < 1.29 is 14.6 Å². The van der Waals surface area contributed by atoms with Gasteiger partial charge in [0, 0.05) is 11.0 Å². The second kappa shape index (κ2) is 7.89. The normalized spacial score (nSPS) is 10.1. The predicted octanol–water partition coefficient (Wildman–Crippen LogP) is 2.48. The average molecular weight is 314 g/mol. The van der Waals surface area contributed by atoms with E-state index in [4.69, 9.17) is 4.74 Å². The molecule has 0 radical (unpaired) electrons. The lowest BCUT2D eigenvalue weighted by Gasteiger charge is -2.07. The van der Waals surface area contributed by atoms with Gasteiger partial charge in [0.2, 0.25) is 0 Å². The van der Waals surface area contributed by atoms with Crippen molar-refractivity contribution in [3.8, 4) is 5.75 Å². The first-order chi connectivity index (χ1) is 8.65. The topological polar surface area (TPSA) is 58.6 Å². The number of phenolic OH excluding ortho intramolecular Hbond substituents is 1. The first-order valence-electron chi connectivity index (χ1n) is 5.60. The third-order valence-electron chi connectivity index (χ3n) is 2.20. The molecule has 1 aromatic rings. The summed E-state index contributed by atoms with van der Waals surface area (Å²) in [6.45, 7) is 5.03. The monoisotopic (exact) mass is 313 g/mol. The second-order valence-corrected chi connectivity index (χ2v) is 4.52. The molecule has 98 valence electrons. The standard InChI is InChI=1S/C13H16BrNO3/c1-2-3-7-18-8-6-15-13(17)11-5-4-10(14)9-12(11)16/h2,4-5,9,16H,1,3,6-8H2,(H,15,17). The van der Waals surface area contributed by atoms with Gasteiger partial charge in [-0.1, -0.05) is 22.0 Å². The molecule has 18 heavy (non-hydrogen) atoms. The molecule has 0 aromatic heterocycles. The van der Waals surface area contributed by atoms with Crippen LogP contribution in [0.2, 0.25) is 0 Å². The molecular weight excluding hydrogens is 298 g/mol. The van der Waals surface area contributed by atoms with Crippen LogP contribution in [-0.2, 0) is 4.74 Å². The van der Waals surface area contributed by atoms with Crippen LogP contribution in [0, 0.1) is 0 Å². The van der Waals surface area contributed by atoms with Crippen LogP contribution in [0.1, 0.15) is 16.8 Å². The lowest BCUT2D eigenvalue weighted by Crippen LogP contribution is -2.27. The molecule has 1 amide bonds. The van der Waals surface area contributed by atoms with Gasteiger partial charge in [0.1, 0.15) is 5.75 Å². The van der Waals surface area contributed by atoms with Gasteiger partial charge in [-0.15, -0.1) is 6.58 Å². The Bertz CT molecular complexity index is 421. The minimum atomic E-state index is -0.313. The number of carbonyl (C=O) groups is 1. The van der Waals surface area contributed by atoms with Gasteiger partial charge in [0.15, 0.2) is 0 Å². The van der Waals surface area contributed by atoms with Crippen molar-refractivity contribution in [3.05, 3.63) is 40.9 Å². The van der Waals surface area contributed by atoms with E-state index in [2.05, 4.69) is 27.8 Å². The number of aromatic hydroxyl groups is 1. The molecule has 2 N–H and O–H groups in total. The number of hydrogen-bond donors (Lipinski definition) is 2. The van der Waals surface area contributed by atoms with Crippen molar-refractivity contribution in [3.63, 3.8) is 0 Å². The van der Waals surface area contributed by atoms with E-state index in [9.17, 15) is 9.90 Å². The van der Waals surface area contributed by atoms with Gasteiger partial charge in [0.05, 0.1) is 18.8 Å². The molecule has 0 aliphatic rings. The van der Waals surface area contributed by atoms with Crippen molar-refractivity contribution in [2.75, 3.05) is 19.8 Å². The van der Waals surface area contributed by atoms with Crippen LogP contribution in [0.3, 0.4) is 0 Å². The molecule has 4 nitrogen and oxygen atoms in total. The molecule has 0 saturated heterocycles. The van der Waals surface area contributed by atoms with E-state index in [0.717, 1.165) is 10.9 Å². The Morgan fingerprint density at radius 2 is 2.28 bits per heavy atom. The summed E-state index contributed by atoms with van der Waals surface area (Å²) in [5, 5.41) is 12.3. The molecule has 0 aliphatic heterocycles. The van der Waals surface area contributed by atoms with Crippen molar-refractivity contribution in [2.24, 2.45) is 0 Å². The molecule has 5 heteroatoms. The Morgan fingerprint density at radius 1 is 1.50 bits per heavy atom. The van der Waals surface area contributed by atoms with Crippen LogP contribution in [0.5, 0.6) is 5.75 Å². The fourth-order valence-corrected chi connectivity index (χ4v) is 1.65. The predicted molar refractivity (Wildman–Crippen MR) is 73.8 cm³/mol. The highest BCUT2D eigenvalue weighted by atomic mass is 79.9. The zero-order valence-corrected chi connectivity index (χ0v) is 11.6. The zero-order valence-electron chi connectivity index (χ0n) is 9.99. The van der Waals surface area contributed by atoms with E-state index in [1.165, 1.54) is 6.07 Å². The Labute approximate surface area is 115 Å². The molecule has 1 aromatic carbocycles. The van der Waals surface area contributed by atoms with Crippen LogP contribution < -0.4 is 5.32 Å². The van der Waals surface area contributed by atoms with Crippen molar-refractivity contribution in [1.29, 1.82) is 0 Å². The zero-order chi connectivity index (χ0) is 13.4. The van der Waals surface area contributed by atoms with Gasteiger partial charge in [-0.2, -0.15) is 0 Å². The Morgan fingerprint density at radius 3 is 2.94 bits per heavy atom. The van der Waals surface area contributed by atoms with Gasteiger partial charge in [0.25, 0.3) is 5.91 Å². The first kappa shape index (κ1) is 14.7. The summed E-state index contributed by atoms with van der Waals surface area (Å²) in [4.78, 5) is 11.7. The summed E-state index contributed by atoms with van der Waals surface area (Å²) in [5.74, 6) is -0.359. The molecule has 0 saturated carbocycles. The minimum absolute atomic E-state index is 0.0468. The quantitative estimate of drug-likeness (QED) is 0.600. The highest BCUT2D eigenvalue weighted by Crippen LogP contribution is 2.21. The number of halogens is 1. The SMILES string of the molecule is C=CCCOCCNC(=O)c1ccc(Br)cc1O. The highest BCUT2D eigenvalue weighted by molar-refractivity contribution is 9.10. The van der Waals surface area contributed by atoms with Crippen LogP contribution in [-0.4, -0.2) is 30.8 Å². The van der Waals surface area contributed by atoms with E-state index in [-0.39, 0.29) is 17.2 Å². The van der Waals surface area contributed by atoms with Gasteiger partial charge >= 0.3 is 0 Å². The lowest BCUT2D eigenvalue weighted by atomic mass is 10.2. The number of benzene rings is 1. The summed E-state index contributed by atoms with van der Waals surface area (Å²) >= 11 is 3.21. The van der Waals surface area contributed by atoms with Gasteiger partial charge in [-0.05, 0) is 24.6 Å². The number of carbonyl (C=O) groups excluding carboxylic acids is 1. The Hall–Kier alpha value is -1.33. The van der Waals surface area contributed by atoms with Crippen LogP contribution in [0.25, 0.3) is 0 Å². The number of nitrogens with one attached hydrogen (secondary N) is 1. The number of phenols is 1. The largest absolute Gasteiger partial charge is 0.507 e. The van der Waals surface area contributed by atoms with Crippen LogP contribution in [0.4, 0.5) is 0 Å². The lowest BCUT2D eigenvalue weighted by molar-refractivity contribution is 0.0915. The van der Waals surface area contributed by atoms with Gasteiger partial charge < -0.3 is 15.2 Å². The molecule has 0 fully saturated rings. The van der Waals surface area contributed by atoms with E-state index in [0.29, 0.717) is 19.8 Å². The van der Waals surface area contributed by atoms with Gasteiger partial charge in [-0.25, -0.2) is 0 Å². The summed E-state index contributed by atoms with van der Waals surface area (Å²) in [6.07, 6.45) is 2.57.